The largest absolute Gasteiger partial charge is 0.497 e. The highest BCUT2D eigenvalue weighted by Crippen LogP contribution is 2.28. The fourth-order valence-electron chi connectivity index (χ4n) is 2.73. The van der Waals surface area contributed by atoms with Crippen molar-refractivity contribution in [1.82, 2.24) is 19.5 Å². The first kappa shape index (κ1) is 17.6. The van der Waals surface area contributed by atoms with E-state index in [1.807, 2.05) is 16.8 Å². The van der Waals surface area contributed by atoms with Crippen molar-refractivity contribution < 1.29 is 13.2 Å². The van der Waals surface area contributed by atoms with Crippen molar-refractivity contribution in [2.45, 2.75) is 10.9 Å². The van der Waals surface area contributed by atoms with Crippen LogP contribution in [-0.4, -0.2) is 35.0 Å². The van der Waals surface area contributed by atoms with Crippen molar-refractivity contribution in [3.8, 4) is 17.0 Å². The minimum atomic E-state index is -3.73. The zero-order chi connectivity index (χ0) is 19.0. The maximum atomic E-state index is 13.0. The molecule has 0 bridgehead atoms. The highest BCUT2D eigenvalue weighted by molar-refractivity contribution is 7.90. The van der Waals surface area contributed by atoms with Crippen molar-refractivity contribution in [2.24, 2.45) is 7.05 Å². The third-order valence-corrected chi connectivity index (χ3v) is 6.26. The Morgan fingerprint density at radius 1 is 1.15 bits per heavy atom. The summed E-state index contributed by atoms with van der Waals surface area (Å²) < 4.78 is 32.7. The van der Waals surface area contributed by atoms with Crippen LogP contribution in [0.5, 0.6) is 5.75 Å². The summed E-state index contributed by atoms with van der Waals surface area (Å²) in [7, 11) is -0.392. The molecule has 0 radical (unpaired) electrons. The predicted molar refractivity (Wildman–Crippen MR) is 104 cm³/mol. The lowest BCUT2D eigenvalue weighted by molar-refractivity contribution is 0.414. The fourth-order valence-corrected chi connectivity index (χ4v) is 4.59. The SMILES string of the molecule is COc1ccc(CS(=O)(=O)c2nc(-c3ccsc3)c3ncn(C)c3n2)cc1. The van der Waals surface area contributed by atoms with E-state index in [-0.39, 0.29) is 10.9 Å². The number of fused-ring (bicyclic) bond motifs is 1. The number of ether oxygens (including phenoxy) is 1. The van der Waals surface area contributed by atoms with Gasteiger partial charge in [0.2, 0.25) is 15.0 Å². The van der Waals surface area contributed by atoms with Gasteiger partial charge >= 0.3 is 0 Å². The van der Waals surface area contributed by atoms with E-state index in [2.05, 4.69) is 15.0 Å². The molecular weight excluding hydrogens is 384 g/mol. The zero-order valence-corrected chi connectivity index (χ0v) is 16.3. The molecule has 0 fully saturated rings. The smallest absolute Gasteiger partial charge is 0.250 e. The van der Waals surface area contributed by atoms with Crippen LogP contribution in [-0.2, 0) is 22.6 Å². The van der Waals surface area contributed by atoms with Crippen molar-refractivity contribution in [1.29, 1.82) is 0 Å². The number of rotatable bonds is 5. The topological polar surface area (TPSA) is 87.0 Å². The minimum Gasteiger partial charge on any atom is -0.497 e. The molecule has 0 aliphatic heterocycles. The van der Waals surface area contributed by atoms with Crippen LogP contribution in [0, 0.1) is 0 Å². The molecule has 0 spiro atoms. The summed E-state index contributed by atoms with van der Waals surface area (Å²) in [5.74, 6) is 0.479. The maximum absolute atomic E-state index is 13.0. The van der Waals surface area contributed by atoms with Crippen LogP contribution in [0.15, 0.2) is 52.6 Å². The standard InChI is InChI=1S/C18H16N4O3S2/c1-22-11-19-16-15(13-7-8-26-9-13)20-18(21-17(16)22)27(23,24)10-12-3-5-14(25-2)6-4-12/h3-9,11H,10H2,1-2H3. The van der Waals surface area contributed by atoms with Crippen molar-refractivity contribution >= 4 is 32.3 Å². The molecule has 0 amide bonds. The van der Waals surface area contributed by atoms with Crippen LogP contribution in [0.25, 0.3) is 22.4 Å². The molecule has 0 N–H and O–H groups in total. The molecule has 4 rings (SSSR count). The average Bonchev–Trinajstić information content (AvgIpc) is 3.32. The van der Waals surface area contributed by atoms with Crippen LogP contribution in [0.1, 0.15) is 5.56 Å². The number of hydrogen-bond donors (Lipinski definition) is 0. The number of hydrogen-bond acceptors (Lipinski definition) is 7. The maximum Gasteiger partial charge on any atom is 0.250 e. The van der Waals surface area contributed by atoms with Gasteiger partial charge in [-0.15, -0.1) is 0 Å². The van der Waals surface area contributed by atoms with Gasteiger partial charge in [0.05, 0.1) is 19.2 Å². The molecule has 0 saturated heterocycles. The van der Waals surface area contributed by atoms with Gasteiger partial charge in [-0.3, -0.25) is 0 Å². The van der Waals surface area contributed by atoms with Crippen molar-refractivity contribution in [3.05, 3.63) is 53.0 Å². The summed E-state index contributed by atoms with van der Waals surface area (Å²) in [6.07, 6.45) is 1.61. The molecule has 7 nitrogen and oxygen atoms in total. The number of nitrogens with zero attached hydrogens (tertiary/aromatic N) is 4. The minimum absolute atomic E-state index is 0.191. The van der Waals surface area contributed by atoms with E-state index >= 15 is 0 Å². The van der Waals surface area contributed by atoms with E-state index in [9.17, 15) is 8.42 Å². The van der Waals surface area contributed by atoms with Gasteiger partial charge in [0.1, 0.15) is 17.0 Å². The average molecular weight is 400 g/mol. The Morgan fingerprint density at radius 2 is 1.93 bits per heavy atom. The second-order valence-corrected chi connectivity index (χ2v) is 8.67. The van der Waals surface area contributed by atoms with Gasteiger partial charge in [0.25, 0.3) is 0 Å². The van der Waals surface area contributed by atoms with Gasteiger partial charge in [-0.2, -0.15) is 16.3 Å². The molecular formula is C18H16N4O3S2. The highest BCUT2D eigenvalue weighted by Gasteiger charge is 2.23. The second-order valence-electron chi connectivity index (χ2n) is 6.00. The molecule has 138 valence electrons. The van der Waals surface area contributed by atoms with E-state index in [1.54, 1.807) is 49.3 Å². The molecule has 9 heteroatoms. The predicted octanol–water partition coefficient (Wildman–Crippen LogP) is 3.07. The first-order valence-corrected chi connectivity index (χ1v) is 10.6. The Morgan fingerprint density at radius 3 is 2.59 bits per heavy atom. The number of aryl methyl sites for hydroxylation is 1. The molecule has 3 aromatic heterocycles. The van der Waals surface area contributed by atoms with E-state index in [4.69, 9.17) is 4.74 Å². The summed E-state index contributed by atoms with van der Waals surface area (Å²) in [4.78, 5) is 13.0. The normalized spacial score (nSPS) is 11.8. The first-order valence-electron chi connectivity index (χ1n) is 8.05. The summed E-state index contributed by atoms with van der Waals surface area (Å²) in [5.41, 5.74) is 3.06. The van der Waals surface area contributed by atoms with E-state index in [1.165, 1.54) is 11.3 Å². The van der Waals surface area contributed by atoms with Gasteiger partial charge in [-0.05, 0) is 29.1 Å². The Kier molecular flexibility index (Phi) is 4.40. The quantitative estimate of drug-likeness (QED) is 0.479. The summed E-state index contributed by atoms with van der Waals surface area (Å²) in [5, 5.41) is 3.63. The van der Waals surface area contributed by atoms with Crippen molar-refractivity contribution in [2.75, 3.05) is 7.11 Å². The monoisotopic (exact) mass is 400 g/mol. The van der Waals surface area contributed by atoms with E-state index < -0.39 is 9.84 Å². The Balaban J connectivity index is 1.81. The lowest BCUT2D eigenvalue weighted by Gasteiger charge is -2.07. The molecule has 27 heavy (non-hydrogen) atoms. The number of sulfone groups is 1. The van der Waals surface area contributed by atoms with Crippen LogP contribution in [0.4, 0.5) is 0 Å². The van der Waals surface area contributed by atoms with Gasteiger partial charge in [0.15, 0.2) is 5.65 Å². The number of imidazole rings is 1. The molecule has 3 heterocycles. The lowest BCUT2D eigenvalue weighted by atomic mass is 10.2. The van der Waals surface area contributed by atoms with Crippen LogP contribution >= 0.6 is 11.3 Å². The third kappa shape index (κ3) is 3.31. The third-order valence-electron chi connectivity index (χ3n) is 4.13. The van der Waals surface area contributed by atoms with Crippen LogP contribution in [0.2, 0.25) is 0 Å². The molecule has 4 aromatic rings. The number of benzene rings is 1. The van der Waals surface area contributed by atoms with E-state index in [0.29, 0.717) is 28.2 Å². The fraction of sp³-hybridized carbons (Fsp3) is 0.167. The second kappa shape index (κ2) is 6.75. The summed E-state index contributed by atoms with van der Waals surface area (Å²) in [6.45, 7) is 0. The molecule has 0 atom stereocenters. The molecule has 0 aliphatic rings. The van der Waals surface area contributed by atoms with Crippen LogP contribution in [0.3, 0.4) is 0 Å². The Hall–Kier alpha value is -2.78. The van der Waals surface area contributed by atoms with E-state index in [0.717, 1.165) is 5.56 Å². The Labute approximate surface area is 160 Å². The highest BCUT2D eigenvalue weighted by atomic mass is 32.2. The first-order chi connectivity index (χ1) is 13.0. The summed E-state index contributed by atoms with van der Waals surface area (Å²) in [6, 6.07) is 8.79. The zero-order valence-electron chi connectivity index (χ0n) is 14.7. The van der Waals surface area contributed by atoms with Gasteiger partial charge < -0.3 is 9.30 Å². The lowest BCUT2D eigenvalue weighted by Crippen LogP contribution is -2.11. The number of thiophene rings is 1. The van der Waals surface area contributed by atoms with Crippen LogP contribution < -0.4 is 4.74 Å². The van der Waals surface area contributed by atoms with Gasteiger partial charge in [0, 0.05) is 18.0 Å². The summed E-state index contributed by atoms with van der Waals surface area (Å²) >= 11 is 1.51. The molecule has 1 aromatic carbocycles. The number of methoxy groups -OCH3 is 1. The molecule has 0 aliphatic carbocycles. The Bertz CT molecular complexity index is 1200. The van der Waals surface area contributed by atoms with Gasteiger partial charge in [-0.25, -0.2) is 18.4 Å². The van der Waals surface area contributed by atoms with Crippen molar-refractivity contribution in [3.63, 3.8) is 0 Å². The van der Waals surface area contributed by atoms with Gasteiger partial charge in [-0.1, -0.05) is 12.1 Å². The molecule has 0 saturated carbocycles. The molecule has 0 unspecified atom stereocenters. The number of aromatic nitrogens is 4.